The van der Waals surface area contributed by atoms with Crippen LogP contribution >= 0.6 is 0 Å². The van der Waals surface area contributed by atoms with Crippen molar-refractivity contribution in [2.45, 2.75) is 18.8 Å². The van der Waals surface area contributed by atoms with Crippen LogP contribution in [0.5, 0.6) is 0 Å². The highest BCUT2D eigenvalue weighted by molar-refractivity contribution is 5.98. The molecule has 0 aliphatic carbocycles. The summed E-state index contributed by atoms with van der Waals surface area (Å²) in [6.45, 7) is 1.14. The van der Waals surface area contributed by atoms with Crippen molar-refractivity contribution in [3.63, 3.8) is 0 Å². The molecule has 1 heterocycles. The molecule has 0 atom stereocenters. The van der Waals surface area contributed by atoms with Crippen LogP contribution in [0.2, 0.25) is 0 Å². The fourth-order valence-electron chi connectivity index (χ4n) is 4.01. The van der Waals surface area contributed by atoms with Crippen LogP contribution < -0.4 is 0 Å². The van der Waals surface area contributed by atoms with Gasteiger partial charge in [0.05, 0.1) is 17.7 Å². The Morgan fingerprint density at radius 3 is 1.89 bits per heavy atom. The van der Waals surface area contributed by atoms with E-state index in [1.807, 2.05) is 11.0 Å². The highest BCUT2D eigenvalue weighted by Crippen LogP contribution is 2.33. The van der Waals surface area contributed by atoms with Crippen molar-refractivity contribution >= 4 is 11.4 Å². The third-order valence-electron chi connectivity index (χ3n) is 5.97. The first-order chi connectivity index (χ1) is 16.5. The second kappa shape index (κ2) is 9.70. The lowest BCUT2D eigenvalue weighted by Crippen LogP contribution is -2.33. The maximum Gasteiger partial charge on any atom is 0.416 e. The van der Waals surface area contributed by atoms with Gasteiger partial charge in [0.2, 0.25) is 0 Å². The summed E-state index contributed by atoms with van der Waals surface area (Å²) < 4.78 is 77.1. The van der Waals surface area contributed by atoms with Gasteiger partial charge < -0.3 is 0 Å². The summed E-state index contributed by atoms with van der Waals surface area (Å²) in [5, 5.41) is 0. The molecule has 0 radical (unpaired) electrons. The third kappa shape index (κ3) is 6.00. The first-order valence-electron chi connectivity index (χ1n) is 10.9. The first kappa shape index (κ1) is 24.7. The maximum atomic E-state index is 13.0. The molecule has 0 N–H and O–H groups in total. The van der Waals surface area contributed by atoms with E-state index in [-0.39, 0.29) is 12.3 Å². The molecule has 2 nitrogen and oxygen atoms in total. The lowest BCUT2D eigenvalue weighted by atomic mass is 9.97. The van der Waals surface area contributed by atoms with Crippen LogP contribution in [-0.2, 0) is 12.4 Å². The molecule has 0 unspecified atom stereocenters. The molecule has 35 heavy (non-hydrogen) atoms. The molecule has 0 spiro atoms. The summed E-state index contributed by atoms with van der Waals surface area (Å²) in [6.07, 6.45) is -6.42. The number of hydrogen-bond donors (Lipinski definition) is 0. The molecular formula is C27H21F6NO. The van der Waals surface area contributed by atoms with E-state index in [0.717, 1.165) is 29.8 Å². The average molecular weight is 489 g/mol. The van der Waals surface area contributed by atoms with Gasteiger partial charge in [0, 0.05) is 18.7 Å². The molecule has 0 aromatic heterocycles. The summed E-state index contributed by atoms with van der Waals surface area (Å²) in [5.41, 5.74) is 1.73. The molecule has 0 saturated heterocycles. The molecule has 3 aromatic carbocycles. The molecule has 182 valence electrons. The number of benzene rings is 3. The second-order valence-electron chi connectivity index (χ2n) is 8.37. The van der Waals surface area contributed by atoms with Gasteiger partial charge in [0.1, 0.15) is 0 Å². The van der Waals surface area contributed by atoms with Crippen LogP contribution in [0.25, 0.3) is 16.7 Å². The topological polar surface area (TPSA) is 20.3 Å². The molecular weight excluding hydrogens is 468 g/mol. The quantitative estimate of drug-likeness (QED) is 0.276. The number of carbonyl (C=O) groups is 1. The van der Waals surface area contributed by atoms with Crippen molar-refractivity contribution < 1.29 is 31.1 Å². The lowest BCUT2D eigenvalue weighted by molar-refractivity contribution is -0.138. The van der Waals surface area contributed by atoms with Gasteiger partial charge in [-0.25, -0.2) is 0 Å². The van der Waals surface area contributed by atoms with Gasteiger partial charge in [-0.3, -0.25) is 9.69 Å². The number of halogens is 6. The standard InChI is InChI=1S/C27H21F6NO/c28-26(29,30)23-10-8-19(9-11-23)18-4-6-21(7-5-18)25(35)17-34-14-12-20(13-15-34)22-2-1-3-24(16-22)27(31,32)33/h1-12,16H,13-15,17H2. The molecule has 0 bridgehead atoms. The normalized spacial score (nSPS) is 15.1. The van der Waals surface area contributed by atoms with E-state index in [1.165, 1.54) is 18.2 Å². The van der Waals surface area contributed by atoms with Gasteiger partial charge in [-0.05, 0) is 52.9 Å². The molecule has 1 aliphatic heterocycles. The zero-order valence-electron chi connectivity index (χ0n) is 18.5. The van der Waals surface area contributed by atoms with Crippen molar-refractivity contribution in [2.75, 3.05) is 19.6 Å². The minimum Gasteiger partial charge on any atom is -0.293 e. The Balaban J connectivity index is 1.37. The van der Waals surface area contributed by atoms with Gasteiger partial charge >= 0.3 is 12.4 Å². The van der Waals surface area contributed by atoms with E-state index >= 15 is 0 Å². The van der Waals surface area contributed by atoms with Gasteiger partial charge in [-0.1, -0.05) is 54.6 Å². The predicted octanol–water partition coefficient (Wildman–Crippen LogP) is 7.36. The Labute approximate surface area is 198 Å². The molecule has 0 amide bonds. The molecule has 3 aromatic rings. The van der Waals surface area contributed by atoms with Gasteiger partial charge in [0.15, 0.2) is 5.78 Å². The zero-order valence-corrected chi connectivity index (χ0v) is 18.5. The van der Waals surface area contributed by atoms with Crippen molar-refractivity contribution in [2.24, 2.45) is 0 Å². The number of alkyl halides is 6. The molecule has 8 heteroatoms. The van der Waals surface area contributed by atoms with Crippen molar-refractivity contribution in [1.82, 2.24) is 4.90 Å². The monoisotopic (exact) mass is 489 g/mol. The number of Topliss-reactive ketones (excluding diaryl/α,β-unsaturated/α-hetero) is 1. The third-order valence-corrected chi connectivity index (χ3v) is 5.97. The maximum absolute atomic E-state index is 13.0. The number of ketones is 1. The van der Waals surface area contributed by atoms with Crippen LogP contribution in [0.1, 0.15) is 33.5 Å². The summed E-state index contributed by atoms with van der Waals surface area (Å²) in [5.74, 6) is -0.111. The number of hydrogen-bond acceptors (Lipinski definition) is 2. The van der Waals surface area contributed by atoms with E-state index in [9.17, 15) is 31.1 Å². The fraction of sp³-hybridized carbons (Fsp3) is 0.222. The SMILES string of the molecule is O=C(CN1CC=C(c2cccc(C(F)(F)F)c2)CC1)c1ccc(-c2ccc(C(F)(F)F)cc2)cc1. The van der Waals surface area contributed by atoms with Crippen LogP contribution in [0.4, 0.5) is 26.3 Å². The number of carbonyl (C=O) groups excluding carboxylic acids is 1. The highest BCUT2D eigenvalue weighted by Gasteiger charge is 2.31. The van der Waals surface area contributed by atoms with Crippen molar-refractivity contribution in [3.05, 3.63) is 101 Å². The smallest absolute Gasteiger partial charge is 0.293 e. The zero-order chi connectivity index (χ0) is 25.2. The number of nitrogens with zero attached hydrogens (tertiary/aromatic N) is 1. The van der Waals surface area contributed by atoms with E-state index in [0.29, 0.717) is 41.8 Å². The van der Waals surface area contributed by atoms with Crippen molar-refractivity contribution in [3.8, 4) is 11.1 Å². The van der Waals surface area contributed by atoms with E-state index in [4.69, 9.17) is 0 Å². The summed E-state index contributed by atoms with van der Waals surface area (Å²) in [7, 11) is 0. The largest absolute Gasteiger partial charge is 0.416 e. The Morgan fingerprint density at radius 1 is 0.743 bits per heavy atom. The second-order valence-corrected chi connectivity index (χ2v) is 8.37. The van der Waals surface area contributed by atoms with Gasteiger partial charge in [0.25, 0.3) is 0 Å². The van der Waals surface area contributed by atoms with E-state index < -0.39 is 23.5 Å². The summed E-state index contributed by atoms with van der Waals surface area (Å²) >= 11 is 0. The Bertz CT molecular complexity index is 1220. The highest BCUT2D eigenvalue weighted by atomic mass is 19.4. The van der Waals surface area contributed by atoms with Gasteiger partial charge in [-0.15, -0.1) is 0 Å². The molecule has 0 fully saturated rings. The Kier molecular flexibility index (Phi) is 6.85. The van der Waals surface area contributed by atoms with Crippen LogP contribution in [0, 0.1) is 0 Å². The Morgan fingerprint density at radius 2 is 1.34 bits per heavy atom. The van der Waals surface area contributed by atoms with E-state index in [1.54, 1.807) is 30.3 Å². The molecule has 4 rings (SSSR count). The lowest BCUT2D eigenvalue weighted by Gasteiger charge is -2.26. The van der Waals surface area contributed by atoms with Crippen molar-refractivity contribution in [1.29, 1.82) is 0 Å². The molecule has 1 aliphatic rings. The van der Waals surface area contributed by atoms with Crippen LogP contribution in [0.15, 0.2) is 78.9 Å². The minimum atomic E-state index is -4.40. The minimum absolute atomic E-state index is 0.111. The van der Waals surface area contributed by atoms with Crippen LogP contribution in [0.3, 0.4) is 0 Å². The first-order valence-corrected chi connectivity index (χ1v) is 10.9. The molecule has 0 saturated carbocycles. The van der Waals surface area contributed by atoms with Gasteiger partial charge in [-0.2, -0.15) is 26.3 Å². The average Bonchev–Trinajstić information content (AvgIpc) is 2.84. The fourth-order valence-corrected chi connectivity index (χ4v) is 4.01. The van der Waals surface area contributed by atoms with E-state index in [2.05, 4.69) is 0 Å². The summed E-state index contributed by atoms with van der Waals surface area (Å²) in [6, 6.07) is 16.7. The number of rotatable bonds is 5. The summed E-state index contributed by atoms with van der Waals surface area (Å²) in [4.78, 5) is 14.6. The van der Waals surface area contributed by atoms with Crippen LogP contribution in [-0.4, -0.2) is 30.3 Å². The Hall–Kier alpha value is -3.39. The predicted molar refractivity (Wildman–Crippen MR) is 122 cm³/mol.